The van der Waals surface area contributed by atoms with Crippen molar-refractivity contribution in [3.8, 4) is 0 Å². The first kappa shape index (κ1) is 13.3. The van der Waals surface area contributed by atoms with Gasteiger partial charge in [-0.15, -0.1) is 0 Å². The van der Waals surface area contributed by atoms with Crippen LogP contribution in [0.2, 0.25) is 0 Å². The molecule has 0 aliphatic rings. The van der Waals surface area contributed by atoms with E-state index in [1.807, 2.05) is 18.2 Å². The first-order valence-electron chi connectivity index (χ1n) is 5.74. The Morgan fingerprint density at radius 3 is 2.94 bits per heavy atom. The average molecular weight is 328 g/mol. The molecule has 1 aromatic heterocycles. The molecule has 4 nitrogen and oxygen atoms in total. The highest BCUT2D eigenvalue weighted by Crippen LogP contribution is 2.20. The van der Waals surface area contributed by atoms with Gasteiger partial charge in [0.2, 0.25) is 5.91 Å². The van der Waals surface area contributed by atoms with Crippen LogP contribution in [0.4, 0.5) is 0 Å². The van der Waals surface area contributed by atoms with E-state index < -0.39 is 0 Å². The Kier molecular flexibility index (Phi) is 4.19. The third kappa shape index (κ3) is 3.00. The number of aromatic amines is 1. The molecule has 6 heteroatoms. The number of hydrogen-bond donors (Lipinski definition) is 2. The number of carbonyl (C=O) groups is 1. The smallest absolute Gasteiger partial charge is 0.217 e. The second-order valence-electron chi connectivity index (χ2n) is 4.17. The maximum Gasteiger partial charge on any atom is 0.217 e. The van der Waals surface area contributed by atoms with Gasteiger partial charge in [-0.2, -0.15) is 0 Å². The summed E-state index contributed by atoms with van der Waals surface area (Å²) in [5.41, 5.74) is 7.21. The summed E-state index contributed by atoms with van der Waals surface area (Å²) >= 11 is 8.73. The molecule has 0 saturated carbocycles. The normalized spacial score (nSPS) is 10.9. The van der Waals surface area contributed by atoms with Crippen molar-refractivity contribution in [2.45, 2.75) is 25.8 Å². The van der Waals surface area contributed by atoms with Gasteiger partial charge in [0.25, 0.3) is 0 Å². The second kappa shape index (κ2) is 5.67. The summed E-state index contributed by atoms with van der Waals surface area (Å²) in [5.74, 6) is -0.249. The summed E-state index contributed by atoms with van der Waals surface area (Å²) in [5, 5.41) is 0. The van der Waals surface area contributed by atoms with Crippen LogP contribution in [0, 0.1) is 4.77 Å². The molecule has 96 valence electrons. The molecule has 2 aromatic rings. The topological polar surface area (TPSA) is 63.8 Å². The molecule has 1 heterocycles. The van der Waals surface area contributed by atoms with Crippen molar-refractivity contribution in [3.63, 3.8) is 0 Å². The first-order valence-corrected chi connectivity index (χ1v) is 6.94. The highest BCUT2D eigenvalue weighted by molar-refractivity contribution is 9.10. The molecule has 0 bridgehead atoms. The molecule has 0 fully saturated rings. The molecular weight excluding hydrogens is 314 g/mol. The Morgan fingerprint density at radius 2 is 2.22 bits per heavy atom. The molecule has 0 spiro atoms. The molecule has 0 unspecified atom stereocenters. The predicted octanol–water partition coefficient (Wildman–Crippen LogP) is 3.12. The fraction of sp³-hybridized carbons (Fsp3) is 0.333. The molecule has 0 aliphatic carbocycles. The third-order valence-corrected chi connectivity index (χ3v) is 3.61. The van der Waals surface area contributed by atoms with Crippen LogP contribution in [0.5, 0.6) is 0 Å². The van der Waals surface area contributed by atoms with Crippen molar-refractivity contribution in [3.05, 3.63) is 27.4 Å². The van der Waals surface area contributed by atoms with E-state index in [1.54, 1.807) is 0 Å². The first-order chi connectivity index (χ1) is 8.58. The lowest BCUT2D eigenvalue weighted by Crippen LogP contribution is -2.10. The van der Waals surface area contributed by atoms with E-state index in [2.05, 4.69) is 25.5 Å². The lowest BCUT2D eigenvalue weighted by molar-refractivity contribution is -0.118. The molecular formula is C12H14BrN3OS. The van der Waals surface area contributed by atoms with Gasteiger partial charge >= 0.3 is 0 Å². The van der Waals surface area contributed by atoms with Gasteiger partial charge in [0.1, 0.15) is 0 Å². The number of imidazole rings is 1. The number of nitrogens with two attached hydrogens (primary N) is 1. The lowest BCUT2D eigenvalue weighted by Gasteiger charge is -2.03. The fourth-order valence-electron chi connectivity index (χ4n) is 1.93. The zero-order valence-corrected chi connectivity index (χ0v) is 12.2. The Labute approximate surface area is 118 Å². The number of carbonyl (C=O) groups excluding carboxylic acids is 1. The monoisotopic (exact) mass is 327 g/mol. The summed E-state index contributed by atoms with van der Waals surface area (Å²) in [4.78, 5) is 13.8. The van der Waals surface area contributed by atoms with E-state index in [0.29, 0.717) is 11.2 Å². The zero-order valence-electron chi connectivity index (χ0n) is 9.78. The number of nitrogens with zero attached hydrogens (tertiary/aromatic N) is 1. The van der Waals surface area contributed by atoms with Crippen LogP contribution in [0.15, 0.2) is 22.7 Å². The number of amides is 1. The minimum Gasteiger partial charge on any atom is -0.370 e. The molecule has 1 aromatic carbocycles. The highest BCUT2D eigenvalue weighted by atomic mass is 79.9. The lowest BCUT2D eigenvalue weighted by atomic mass is 10.2. The summed E-state index contributed by atoms with van der Waals surface area (Å²) in [6, 6.07) is 6.02. The van der Waals surface area contributed by atoms with E-state index in [9.17, 15) is 4.79 Å². The van der Waals surface area contributed by atoms with E-state index >= 15 is 0 Å². The van der Waals surface area contributed by atoms with Crippen molar-refractivity contribution < 1.29 is 4.79 Å². The minimum atomic E-state index is -0.249. The number of unbranched alkanes of at least 4 members (excludes halogenated alkanes) is 1. The van der Waals surface area contributed by atoms with Crippen molar-refractivity contribution in [1.82, 2.24) is 9.55 Å². The minimum absolute atomic E-state index is 0.249. The summed E-state index contributed by atoms with van der Waals surface area (Å²) < 4.78 is 3.78. The van der Waals surface area contributed by atoms with Crippen molar-refractivity contribution in [1.29, 1.82) is 0 Å². The molecule has 0 atom stereocenters. The predicted molar refractivity (Wildman–Crippen MR) is 77.9 cm³/mol. The van der Waals surface area contributed by atoms with Gasteiger partial charge < -0.3 is 15.3 Å². The van der Waals surface area contributed by atoms with E-state index in [-0.39, 0.29) is 5.91 Å². The van der Waals surface area contributed by atoms with Crippen LogP contribution in [0.3, 0.4) is 0 Å². The summed E-state index contributed by atoms with van der Waals surface area (Å²) in [6.07, 6.45) is 2.11. The van der Waals surface area contributed by atoms with Gasteiger partial charge in [-0.25, -0.2) is 0 Å². The van der Waals surface area contributed by atoms with Crippen molar-refractivity contribution in [2.75, 3.05) is 0 Å². The molecule has 0 saturated heterocycles. The van der Waals surface area contributed by atoms with Crippen LogP contribution in [0.25, 0.3) is 11.0 Å². The van der Waals surface area contributed by atoms with E-state index in [4.69, 9.17) is 18.0 Å². The quantitative estimate of drug-likeness (QED) is 0.654. The maximum atomic E-state index is 10.7. The number of halogens is 1. The average Bonchev–Trinajstić information content (AvgIpc) is 2.59. The summed E-state index contributed by atoms with van der Waals surface area (Å²) in [7, 11) is 0. The van der Waals surface area contributed by atoms with Crippen LogP contribution in [-0.4, -0.2) is 15.5 Å². The zero-order chi connectivity index (χ0) is 13.1. The van der Waals surface area contributed by atoms with Crippen LogP contribution < -0.4 is 5.73 Å². The highest BCUT2D eigenvalue weighted by Gasteiger charge is 2.04. The van der Waals surface area contributed by atoms with Gasteiger partial charge in [0, 0.05) is 17.4 Å². The van der Waals surface area contributed by atoms with Crippen molar-refractivity contribution >= 4 is 45.1 Å². The summed E-state index contributed by atoms with van der Waals surface area (Å²) in [6.45, 7) is 0.799. The van der Waals surface area contributed by atoms with Crippen LogP contribution in [0.1, 0.15) is 19.3 Å². The van der Waals surface area contributed by atoms with Crippen LogP contribution in [-0.2, 0) is 11.3 Å². The van der Waals surface area contributed by atoms with E-state index in [0.717, 1.165) is 34.9 Å². The molecule has 3 N–H and O–H groups in total. The van der Waals surface area contributed by atoms with Gasteiger partial charge in [-0.05, 0) is 43.3 Å². The number of aryl methyl sites for hydroxylation is 1. The molecule has 2 rings (SSSR count). The number of primary amides is 1. The number of hydrogen-bond acceptors (Lipinski definition) is 2. The van der Waals surface area contributed by atoms with E-state index in [1.165, 1.54) is 0 Å². The largest absolute Gasteiger partial charge is 0.370 e. The van der Waals surface area contributed by atoms with Crippen LogP contribution >= 0.6 is 28.1 Å². The molecule has 0 aliphatic heterocycles. The van der Waals surface area contributed by atoms with Gasteiger partial charge in [0.05, 0.1) is 11.0 Å². The Hall–Kier alpha value is -1.14. The van der Waals surface area contributed by atoms with Gasteiger partial charge in [-0.3, -0.25) is 4.79 Å². The molecule has 1 amide bonds. The second-order valence-corrected chi connectivity index (χ2v) is 5.47. The number of aromatic nitrogens is 2. The van der Waals surface area contributed by atoms with Crippen molar-refractivity contribution in [2.24, 2.45) is 5.73 Å². The van der Waals surface area contributed by atoms with Gasteiger partial charge in [-0.1, -0.05) is 15.9 Å². The number of rotatable bonds is 5. The number of H-pyrrole nitrogens is 1. The molecule has 18 heavy (non-hydrogen) atoms. The fourth-order valence-corrected chi connectivity index (χ4v) is 2.59. The Balaban J connectivity index is 2.15. The SMILES string of the molecule is NC(=O)CCCCn1c(=S)[nH]c2cc(Br)ccc21. The molecule has 0 radical (unpaired) electrons. The third-order valence-electron chi connectivity index (χ3n) is 2.79. The Morgan fingerprint density at radius 1 is 1.44 bits per heavy atom. The van der Waals surface area contributed by atoms with Gasteiger partial charge in [0.15, 0.2) is 4.77 Å². The Bertz CT molecular complexity index is 632. The number of fused-ring (bicyclic) bond motifs is 1. The number of benzene rings is 1. The standard InChI is InChI=1S/C12H14BrN3OS/c13-8-4-5-10-9(7-8)15-12(18)16(10)6-2-1-3-11(14)17/h4-5,7H,1-3,6H2,(H2,14,17)(H,15,18). The maximum absolute atomic E-state index is 10.7. The number of nitrogens with one attached hydrogen (secondary N) is 1.